The molecule has 6 heteroatoms. The standard InChI is InChI=1S/C10H12N2O4/c13-9(11-15)8(10(14)12-16)6-7-4-2-1-3-5-7/h1-5,8,15-16H,6H2,(H,11,13)(H,12,14). The Balaban J connectivity index is 2.79. The first-order valence-electron chi connectivity index (χ1n) is 4.61. The van der Waals surface area contributed by atoms with Crippen LogP contribution in [-0.4, -0.2) is 22.2 Å². The van der Waals surface area contributed by atoms with Gasteiger partial charge in [0.05, 0.1) is 0 Å². The molecule has 1 aromatic rings. The van der Waals surface area contributed by atoms with Gasteiger partial charge in [-0.05, 0) is 12.0 Å². The Kier molecular flexibility index (Phi) is 4.43. The Labute approximate surface area is 91.8 Å². The molecule has 1 aromatic carbocycles. The van der Waals surface area contributed by atoms with Crippen LogP contribution in [0.25, 0.3) is 0 Å². The number of hydroxylamine groups is 2. The summed E-state index contributed by atoms with van der Waals surface area (Å²) in [6, 6.07) is 8.81. The van der Waals surface area contributed by atoms with Crippen LogP contribution in [0.3, 0.4) is 0 Å². The van der Waals surface area contributed by atoms with Crippen molar-refractivity contribution in [1.82, 2.24) is 11.0 Å². The van der Waals surface area contributed by atoms with Gasteiger partial charge >= 0.3 is 0 Å². The van der Waals surface area contributed by atoms with E-state index >= 15 is 0 Å². The fourth-order valence-corrected chi connectivity index (χ4v) is 1.31. The molecule has 2 amide bonds. The van der Waals surface area contributed by atoms with Gasteiger partial charge in [0.1, 0.15) is 5.92 Å². The number of carbonyl (C=O) groups is 2. The lowest BCUT2D eigenvalue weighted by Crippen LogP contribution is -2.40. The first-order valence-corrected chi connectivity index (χ1v) is 4.61. The third-order valence-corrected chi connectivity index (χ3v) is 2.14. The Morgan fingerprint density at radius 1 is 1.06 bits per heavy atom. The smallest absolute Gasteiger partial charge is 0.256 e. The van der Waals surface area contributed by atoms with Gasteiger partial charge in [0.25, 0.3) is 11.8 Å². The van der Waals surface area contributed by atoms with E-state index in [-0.39, 0.29) is 6.42 Å². The maximum absolute atomic E-state index is 11.2. The van der Waals surface area contributed by atoms with E-state index in [1.54, 1.807) is 30.3 Å². The summed E-state index contributed by atoms with van der Waals surface area (Å²) >= 11 is 0. The molecule has 0 fully saturated rings. The van der Waals surface area contributed by atoms with Crippen molar-refractivity contribution >= 4 is 11.8 Å². The third kappa shape index (κ3) is 3.04. The molecule has 16 heavy (non-hydrogen) atoms. The highest BCUT2D eigenvalue weighted by molar-refractivity contribution is 5.99. The second kappa shape index (κ2) is 5.84. The predicted molar refractivity (Wildman–Crippen MR) is 53.5 cm³/mol. The maximum Gasteiger partial charge on any atom is 0.256 e. The summed E-state index contributed by atoms with van der Waals surface area (Å²) in [7, 11) is 0. The second-order valence-corrected chi connectivity index (χ2v) is 3.19. The molecule has 0 radical (unpaired) electrons. The molecule has 0 bridgehead atoms. The van der Waals surface area contributed by atoms with E-state index in [0.717, 1.165) is 5.56 Å². The lowest BCUT2D eigenvalue weighted by atomic mass is 9.98. The number of carbonyl (C=O) groups excluding carboxylic acids is 2. The first-order chi connectivity index (χ1) is 7.69. The number of hydrogen-bond acceptors (Lipinski definition) is 4. The van der Waals surface area contributed by atoms with E-state index in [9.17, 15) is 9.59 Å². The highest BCUT2D eigenvalue weighted by Crippen LogP contribution is 2.09. The van der Waals surface area contributed by atoms with E-state index in [1.807, 2.05) is 0 Å². The molecular weight excluding hydrogens is 212 g/mol. The van der Waals surface area contributed by atoms with Crippen LogP contribution < -0.4 is 11.0 Å². The van der Waals surface area contributed by atoms with Crippen molar-refractivity contribution in [2.75, 3.05) is 0 Å². The van der Waals surface area contributed by atoms with Gasteiger partial charge in [0.2, 0.25) is 0 Å². The van der Waals surface area contributed by atoms with Gasteiger partial charge in [-0.15, -0.1) is 0 Å². The number of hydrogen-bond donors (Lipinski definition) is 4. The lowest BCUT2D eigenvalue weighted by molar-refractivity contribution is -0.144. The predicted octanol–water partition coefficient (Wildman–Crippen LogP) is -0.144. The van der Waals surface area contributed by atoms with Gasteiger partial charge < -0.3 is 0 Å². The van der Waals surface area contributed by atoms with Crippen LogP contribution in [0.15, 0.2) is 30.3 Å². The molecule has 0 aliphatic carbocycles. The zero-order chi connectivity index (χ0) is 12.0. The molecule has 0 heterocycles. The molecule has 0 saturated carbocycles. The highest BCUT2D eigenvalue weighted by Gasteiger charge is 2.26. The Hall–Kier alpha value is -1.92. The number of rotatable bonds is 4. The van der Waals surface area contributed by atoms with Crippen LogP contribution in [0.4, 0.5) is 0 Å². The van der Waals surface area contributed by atoms with Crippen LogP contribution in [0.5, 0.6) is 0 Å². The van der Waals surface area contributed by atoms with Crippen molar-refractivity contribution < 1.29 is 20.0 Å². The van der Waals surface area contributed by atoms with Crippen molar-refractivity contribution in [3.05, 3.63) is 35.9 Å². The molecule has 0 saturated heterocycles. The van der Waals surface area contributed by atoms with Crippen molar-refractivity contribution in [2.24, 2.45) is 5.92 Å². The second-order valence-electron chi connectivity index (χ2n) is 3.19. The highest BCUT2D eigenvalue weighted by atomic mass is 16.5. The van der Waals surface area contributed by atoms with E-state index in [4.69, 9.17) is 10.4 Å². The van der Waals surface area contributed by atoms with Gasteiger partial charge in [-0.3, -0.25) is 20.0 Å². The minimum Gasteiger partial charge on any atom is -0.289 e. The zero-order valence-corrected chi connectivity index (χ0v) is 8.38. The summed E-state index contributed by atoms with van der Waals surface area (Å²) < 4.78 is 0. The molecule has 1 rings (SSSR count). The topological polar surface area (TPSA) is 98.7 Å². The van der Waals surface area contributed by atoms with Crippen LogP contribution in [0.2, 0.25) is 0 Å². The Morgan fingerprint density at radius 3 is 2.00 bits per heavy atom. The minimum atomic E-state index is -1.17. The summed E-state index contributed by atoms with van der Waals surface area (Å²) in [5.41, 5.74) is 3.53. The summed E-state index contributed by atoms with van der Waals surface area (Å²) in [5.74, 6) is -2.90. The van der Waals surface area contributed by atoms with Gasteiger partial charge in [0, 0.05) is 0 Å². The molecule has 0 spiro atoms. The fourth-order valence-electron chi connectivity index (χ4n) is 1.31. The molecule has 0 aliphatic rings. The van der Waals surface area contributed by atoms with Crippen LogP contribution in [0, 0.1) is 5.92 Å². The van der Waals surface area contributed by atoms with Crippen LogP contribution in [0.1, 0.15) is 5.56 Å². The van der Waals surface area contributed by atoms with Crippen molar-refractivity contribution in [3.8, 4) is 0 Å². The van der Waals surface area contributed by atoms with Gasteiger partial charge in [0.15, 0.2) is 0 Å². The van der Waals surface area contributed by atoms with Crippen molar-refractivity contribution in [3.63, 3.8) is 0 Å². The SMILES string of the molecule is O=C(NO)C(Cc1ccccc1)C(=O)NO. The molecule has 0 unspecified atom stereocenters. The molecule has 0 aliphatic heterocycles. The molecule has 4 N–H and O–H groups in total. The van der Waals surface area contributed by atoms with Crippen LogP contribution in [-0.2, 0) is 16.0 Å². The summed E-state index contributed by atoms with van der Waals surface area (Å²) in [5, 5.41) is 16.9. The maximum atomic E-state index is 11.2. The summed E-state index contributed by atoms with van der Waals surface area (Å²) in [4.78, 5) is 22.4. The van der Waals surface area contributed by atoms with Gasteiger partial charge in [-0.25, -0.2) is 11.0 Å². The van der Waals surface area contributed by atoms with E-state index in [0.29, 0.717) is 0 Å². The third-order valence-electron chi connectivity index (χ3n) is 2.14. The molecule has 0 atom stereocenters. The Bertz CT molecular complexity index is 350. The number of amides is 2. The van der Waals surface area contributed by atoms with Crippen molar-refractivity contribution in [1.29, 1.82) is 0 Å². The first kappa shape index (κ1) is 12.2. The van der Waals surface area contributed by atoms with Gasteiger partial charge in [-0.1, -0.05) is 30.3 Å². The summed E-state index contributed by atoms with van der Waals surface area (Å²) in [6.45, 7) is 0. The average molecular weight is 224 g/mol. The van der Waals surface area contributed by atoms with Gasteiger partial charge in [-0.2, -0.15) is 0 Å². The van der Waals surface area contributed by atoms with Crippen molar-refractivity contribution in [2.45, 2.75) is 6.42 Å². The van der Waals surface area contributed by atoms with Crippen LogP contribution >= 0.6 is 0 Å². The molecular formula is C10H12N2O4. The average Bonchev–Trinajstić information content (AvgIpc) is 2.35. The number of nitrogens with one attached hydrogen (secondary N) is 2. The Morgan fingerprint density at radius 2 is 1.56 bits per heavy atom. The fraction of sp³-hybridized carbons (Fsp3) is 0.200. The summed E-state index contributed by atoms with van der Waals surface area (Å²) in [6.07, 6.45) is 0.0969. The van der Waals surface area contributed by atoms with E-state index in [1.165, 1.54) is 11.0 Å². The monoisotopic (exact) mass is 224 g/mol. The molecule has 6 nitrogen and oxygen atoms in total. The largest absolute Gasteiger partial charge is 0.289 e. The molecule has 86 valence electrons. The number of benzene rings is 1. The minimum absolute atomic E-state index is 0.0969. The van der Waals surface area contributed by atoms with E-state index in [2.05, 4.69) is 0 Å². The lowest BCUT2D eigenvalue weighted by Gasteiger charge is -2.12. The van der Waals surface area contributed by atoms with E-state index < -0.39 is 17.7 Å². The quantitative estimate of drug-likeness (QED) is 0.325. The zero-order valence-electron chi connectivity index (χ0n) is 8.38. The molecule has 0 aromatic heterocycles. The normalized spacial score (nSPS) is 9.94.